The summed E-state index contributed by atoms with van der Waals surface area (Å²) in [6.45, 7) is 9.55. The summed E-state index contributed by atoms with van der Waals surface area (Å²) in [7, 11) is 0. The van der Waals surface area contributed by atoms with Crippen molar-refractivity contribution in [2.45, 2.75) is 46.5 Å². The van der Waals surface area contributed by atoms with Crippen molar-refractivity contribution in [1.29, 1.82) is 0 Å². The SMILES string of the molecule is CC.CCN(C=O)CC.c1ccc(C2CC2)cc1. The lowest BCUT2D eigenvalue weighted by Gasteiger charge is -2.08. The van der Waals surface area contributed by atoms with Crippen LogP contribution in [0.3, 0.4) is 0 Å². The van der Waals surface area contributed by atoms with Crippen molar-refractivity contribution in [3.63, 3.8) is 0 Å². The predicted molar refractivity (Wildman–Crippen MR) is 78.8 cm³/mol. The molecular formula is C16H27NO. The number of carbonyl (C=O) groups is 1. The van der Waals surface area contributed by atoms with Crippen molar-refractivity contribution in [3.05, 3.63) is 35.9 Å². The maximum absolute atomic E-state index is 9.89. The molecule has 2 rings (SSSR count). The Balaban J connectivity index is 0.000000292. The third-order valence-electron chi connectivity index (χ3n) is 2.81. The first-order valence-electron chi connectivity index (χ1n) is 7.06. The second-order valence-corrected chi connectivity index (χ2v) is 4.01. The molecule has 0 unspecified atom stereocenters. The number of hydrogen-bond donors (Lipinski definition) is 0. The fourth-order valence-electron chi connectivity index (χ4n) is 1.51. The molecule has 1 aliphatic carbocycles. The average molecular weight is 249 g/mol. The molecule has 1 aliphatic rings. The van der Waals surface area contributed by atoms with E-state index in [1.165, 1.54) is 18.4 Å². The lowest BCUT2D eigenvalue weighted by atomic mass is 10.1. The number of rotatable bonds is 4. The van der Waals surface area contributed by atoms with Gasteiger partial charge in [0.25, 0.3) is 0 Å². The number of nitrogens with zero attached hydrogens (tertiary/aromatic N) is 1. The summed E-state index contributed by atoms with van der Waals surface area (Å²) in [4.78, 5) is 11.6. The fraction of sp³-hybridized carbons (Fsp3) is 0.562. The van der Waals surface area contributed by atoms with Crippen LogP contribution < -0.4 is 0 Å². The molecule has 1 aromatic carbocycles. The van der Waals surface area contributed by atoms with E-state index in [-0.39, 0.29) is 0 Å². The van der Waals surface area contributed by atoms with E-state index < -0.39 is 0 Å². The summed E-state index contributed by atoms with van der Waals surface area (Å²) in [6, 6.07) is 10.8. The van der Waals surface area contributed by atoms with Crippen LogP contribution in [0.1, 0.15) is 52.0 Å². The van der Waals surface area contributed by atoms with E-state index >= 15 is 0 Å². The van der Waals surface area contributed by atoms with Gasteiger partial charge in [-0.15, -0.1) is 0 Å². The maximum atomic E-state index is 9.89. The molecule has 0 saturated heterocycles. The first-order valence-corrected chi connectivity index (χ1v) is 7.06. The van der Waals surface area contributed by atoms with E-state index in [9.17, 15) is 4.79 Å². The van der Waals surface area contributed by atoms with Crippen molar-refractivity contribution in [2.75, 3.05) is 13.1 Å². The van der Waals surface area contributed by atoms with Gasteiger partial charge in [0.1, 0.15) is 0 Å². The van der Waals surface area contributed by atoms with Crippen molar-refractivity contribution in [1.82, 2.24) is 4.90 Å². The molecule has 2 nitrogen and oxygen atoms in total. The van der Waals surface area contributed by atoms with Crippen LogP contribution in [0.25, 0.3) is 0 Å². The zero-order valence-corrected chi connectivity index (χ0v) is 12.2. The normalized spacial score (nSPS) is 12.4. The van der Waals surface area contributed by atoms with Gasteiger partial charge in [0.2, 0.25) is 6.41 Å². The third kappa shape index (κ3) is 7.10. The van der Waals surface area contributed by atoms with Gasteiger partial charge >= 0.3 is 0 Å². The van der Waals surface area contributed by atoms with Gasteiger partial charge in [0.05, 0.1) is 0 Å². The van der Waals surface area contributed by atoms with Crippen LogP contribution in [0.15, 0.2) is 30.3 Å². The standard InChI is InChI=1S/C9H10.C5H11NO.C2H6/c1-2-4-8(5-3-1)9-6-7-9;1-3-6(4-2)5-7;1-2/h1-5,9H,6-7H2;5H,3-4H2,1-2H3;1-2H3. The Kier molecular flexibility index (Phi) is 10.0. The van der Waals surface area contributed by atoms with Crippen molar-refractivity contribution in [3.8, 4) is 0 Å². The Bertz CT molecular complexity index is 289. The monoisotopic (exact) mass is 249 g/mol. The topological polar surface area (TPSA) is 20.3 Å². The van der Waals surface area contributed by atoms with Crippen LogP contribution in [-0.4, -0.2) is 24.4 Å². The highest BCUT2D eigenvalue weighted by Gasteiger charge is 2.22. The Morgan fingerprint density at radius 1 is 1.11 bits per heavy atom. The van der Waals surface area contributed by atoms with Gasteiger partial charge in [-0.25, -0.2) is 0 Å². The maximum Gasteiger partial charge on any atom is 0.209 e. The number of carbonyl (C=O) groups excluding carboxylic acids is 1. The van der Waals surface area contributed by atoms with Crippen molar-refractivity contribution < 1.29 is 4.79 Å². The summed E-state index contributed by atoms with van der Waals surface area (Å²) in [6.07, 6.45) is 3.67. The first kappa shape index (κ1) is 16.7. The van der Waals surface area contributed by atoms with E-state index in [4.69, 9.17) is 0 Å². The van der Waals surface area contributed by atoms with Crippen LogP contribution >= 0.6 is 0 Å². The molecule has 0 aliphatic heterocycles. The molecule has 1 saturated carbocycles. The highest BCUT2D eigenvalue weighted by atomic mass is 16.1. The quantitative estimate of drug-likeness (QED) is 0.736. The van der Waals surface area contributed by atoms with Gasteiger partial charge in [-0.05, 0) is 38.2 Å². The summed E-state index contributed by atoms with van der Waals surface area (Å²) < 4.78 is 0. The minimum atomic E-state index is 0.819. The summed E-state index contributed by atoms with van der Waals surface area (Å²) in [5.41, 5.74) is 1.53. The molecule has 102 valence electrons. The Labute approximate surface area is 112 Å². The summed E-state index contributed by atoms with van der Waals surface area (Å²) in [5.74, 6) is 0.909. The average Bonchev–Trinajstić information content (AvgIpc) is 3.29. The van der Waals surface area contributed by atoms with Crippen LogP contribution in [0.4, 0.5) is 0 Å². The number of amides is 1. The van der Waals surface area contributed by atoms with Gasteiger partial charge in [-0.2, -0.15) is 0 Å². The van der Waals surface area contributed by atoms with Crippen LogP contribution in [0.2, 0.25) is 0 Å². The highest BCUT2D eigenvalue weighted by molar-refractivity contribution is 5.46. The minimum absolute atomic E-state index is 0.819. The Hall–Kier alpha value is -1.31. The second kappa shape index (κ2) is 10.8. The predicted octanol–water partition coefficient (Wildman–Crippen LogP) is 4.07. The molecule has 0 aromatic heterocycles. The number of benzene rings is 1. The van der Waals surface area contributed by atoms with E-state index in [2.05, 4.69) is 30.3 Å². The smallest absolute Gasteiger partial charge is 0.209 e. The van der Waals surface area contributed by atoms with Crippen molar-refractivity contribution in [2.24, 2.45) is 0 Å². The molecule has 0 atom stereocenters. The van der Waals surface area contributed by atoms with E-state index in [1.807, 2.05) is 27.7 Å². The molecule has 1 fully saturated rings. The number of hydrogen-bond acceptors (Lipinski definition) is 1. The molecule has 18 heavy (non-hydrogen) atoms. The van der Waals surface area contributed by atoms with Gasteiger partial charge in [0.15, 0.2) is 0 Å². The summed E-state index contributed by atoms with van der Waals surface area (Å²) >= 11 is 0. The zero-order chi connectivity index (χ0) is 13.8. The molecule has 1 amide bonds. The molecular weight excluding hydrogens is 222 g/mol. The van der Waals surface area contributed by atoms with E-state index in [0.29, 0.717) is 0 Å². The van der Waals surface area contributed by atoms with Crippen LogP contribution in [0, 0.1) is 0 Å². The molecule has 0 N–H and O–H groups in total. The molecule has 1 aromatic rings. The molecule has 0 heterocycles. The van der Waals surface area contributed by atoms with Gasteiger partial charge < -0.3 is 4.90 Å². The van der Waals surface area contributed by atoms with E-state index in [0.717, 1.165) is 25.4 Å². The second-order valence-electron chi connectivity index (χ2n) is 4.01. The molecule has 2 heteroatoms. The van der Waals surface area contributed by atoms with Gasteiger partial charge in [-0.1, -0.05) is 44.2 Å². The lowest BCUT2D eigenvalue weighted by molar-refractivity contribution is -0.117. The third-order valence-corrected chi connectivity index (χ3v) is 2.81. The molecule has 0 radical (unpaired) electrons. The molecule has 0 spiro atoms. The van der Waals surface area contributed by atoms with Crippen LogP contribution in [-0.2, 0) is 4.79 Å². The van der Waals surface area contributed by atoms with E-state index in [1.54, 1.807) is 4.90 Å². The van der Waals surface area contributed by atoms with Crippen LogP contribution in [0.5, 0.6) is 0 Å². The Morgan fingerprint density at radius 3 is 1.89 bits per heavy atom. The fourth-order valence-corrected chi connectivity index (χ4v) is 1.51. The highest BCUT2D eigenvalue weighted by Crippen LogP contribution is 2.39. The lowest BCUT2D eigenvalue weighted by Crippen LogP contribution is -2.19. The molecule has 0 bridgehead atoms. The van der Waals surface area contributed by atoms with Gasteiger partial charge in [0, 0.05) is 13.1 Å². The Morgan fingerprint density at radius 2 is 1.61 bits per heavy atom. The minimum Gasteiger partial charge on any atom is -0.346 e. The van der Waals surface area contributed by atoms with Crippen molar-refractivity contribution >= 4 is 6.41 Å². The largest absolute Gasteiger partial charge is 0.346 e. The zero-order valence-electron chi connectivity index (χ0n) is 12.2. The van der Waals surface area contributed by atoms with Gasteiger partial charge in [-0.3, -0.25) is 4.79 Å². The summed E-state index contributed by atoms with van der Waals surface area (Å²) in [5, 5.41) is 0. The first-order chi connectivity index (χ1) is 8.81.